The van der Waals surface area contributed by atoms with Gasteiger partial charge in [-0.15, -0.1) is 6.42 Å². The van der Waals surface area contributed by atoms with Crippen molar-refractivity contribution in [2.45, 2.75) is 56.9 Å². The Morgan fingerprint density at radius 3 is 2.53 bits per heavy atom. The molecule has 2 aromatic carbocycles. The first-order valence-corrected chi connectivity index (χ1v) is 13.8. The Morgan fingerprint density at radius 2 is 1.89 bits per heavy atom. The first-order chi connectivity index (χ1) is 21.4. The molecule has 4 rings (SSSR count). The minimum absolute atomic E-state index is 0.0630. The smallest absolute Gasteiger partial charge is 0.431 e. The lowest BCUT2D eigenvalue weighted by Gasteiger charge is -2.47. The van der Waals surface area contributed by atoms with E-state index in [4.69, 9.17) is 34.6 Å². The van der Waals surface area contributed by atoms with E-state index in [1.165, 1.54) is 26.2 Å². The van der Waals surface area contributed by atoms with Crippen LogP contribution in [-0.2, 0) is 23.8 Å². The van der Waals surface area contributed by atoms with E-state index in [9.17, 15) is 29.7 Å². The van der Waals surface area contributed by atoms with Crippen molar-refractivity contribution in [1.29, 1.82) is 0 Å². The van der Waals surface area contributed by atoms with Gasteiger partial charge >= 0.3 is 11.7 Å². The van der Waals surface area contributed by atoms with Crippen molar-refractivity contribution >= 4 is 28.7 Å². The van der Waals surface area contributed by atoms with E-state index in [0.29, 0.717) is 5.56 Å². The molecular formula is C31H34N2O12. The van der Waals surface area contributed by atoms with Crippen molar-refractivity contribution in [2.75, 3.05) is 25.6 Å². The Bertz CT molecular complexity index is 1630. The zero-order chi connectivity index (χ0) is 32.9. The molecule has 1 fully saturated rings. The normalized spacial score (nSPS) is 21.4. The van der Waals surface area contributed by atoms with E-state index in [0.717, 1.165) is 0 Å². The summed E-state index contributed by atoms with van der Waals surface area (Å²) in [6.07, 6.45) is -1.14. The minimum atomic E-state index is -1.57. The van der Waals surface area contributed by atoms with Crippen molar-refractivity contribution < 1.29 is 53.1 Å². The summed E-state index contributed by atoms with van der Waals surface area (Å²) in [4.78, 5) is 42.9. The molecule has 5 atom stereocenters. The predicted molar refractivity (Wildman–Crippen MR) is 158 cm³/mol. The van der Waals surface area contributed by atoms with Crippen LogP contribution in [0.1, 0.15) is 30.9 Å². The lowest BCUT2D eigenvalue weighted by molar-refractivity contribution is -0.305. The fraction of sp³-hybridized carbons (Fsp3) is 0.387. The highest BCUT2D eigenvalue weighted by molar-refractivity contribution is 6.00. The molecule has 1 aliphatic heterocycles. The first kappa shape index (κ1) is 33.2. The van der Waals surface area contributed by atoms with Gasteiger partial charge in [0.05, 0.1) is 23.5 Å². The number of benzene rings is 2. The van der Waals surface area contributed by atoms with E-state index in [1.807, 2.05) is 5.48 Å². The van der Waals surface area contributed by atoms with Crippen LogP contribution in [0.3, 0.4) is 0 Å². The third-order valence-corrected chi connectivity index (χ3v) is 7.27. The van der Waals surface area contributed by atoms with Crippen LogP contribution in [0.15, 0.2) is 51.7 Å². The second-order valence-corrected chi connectivity index (χ2v) is 10.6. The van der Waals surface area contributed by atoms with Crippen molar-refractivity contribution in [1.82, 2.24) is 5.48 Å². The number of aromatic hydroxyl groups is 1. The molecule has 240 valence electrons. The Balaban J connectivity index is 1.60. The van der Waals surface area contributed by atoms with E-state index in [2.05, 4.69) is 11.2 Å². The number of carbonyl (C=O) groups is 2. The SMILES string of the molecule is C#CCONC(=O)O[C@@H]1[C@@H](O)[C@H](Oc2ccc3c(O)c(NC(=O)C(CO)c4ccccc4)c(=O)oc3c2C)OC(C)(C)[C@@H]1OC. The van der Waals surface area contributed by atoms with Gasteiger partial charge in [-0.3, -0.25) is 9.63 Å². The summed E-state index contributed by atoms with van der Waals surface area (Å²) in [6.45, 7) is 4.08. The quantitative estimate of drug-likeness (QED) is 0.0953. The van der Waals surface area contributed by atoms with Gasteiger partial charge < -0.3 is 44.0 Å². The van der Waals surface area contributed by atoms with E-state index < -0.39 is 71.8 Å². The average Bonchev–Trinajstić information content (AvgIpc) is 3.00. The number of carbonyl (C=O) groups excluding carboxylic acids is 2. The molecule has 1 saturated heterocycles. The summed E-state index contributed by atoms with van der Waals surface area (Å²) >= 11 is 0. The van der Waals surface area contributed by atoms with Crippen molar-refractivity contribution in [3.8, 4) is 23.8 Å². The largest absolute Gasteiger partial charge is 0.505 e. The zero-order valence-electron chi connectivity index (χ0n) is 24.9. The standard InChI is InChI=1S/C31H34N2O12/c1-6-14-41-33-30(39)44-25-23(36)29(45-31(3,4)26(25)40-5)42-20-13-12-18-22(35)21(28(38)43-24(18)16(20)2)32-27(37)19(15-34)17-10-8-7-9-11-17/h1,7-13,19,23,25-26,29,34-36H,14-15H2,2-5H3,(H,32,37)(H,33,39)/t19?,23-,25-,26-,29-/m1/s1. The second kappa shape index (κ2) is 14.0. The number of anilines is 1. The van der Waals surface area contributed by atoms with Crippen LogP contribution in [0.4, 0.5) is 10.5 Å². The van der Waals surface area contributed by atoms with Crippen LogP contribution < -0.4 is 21.2 Å². The van der Waals surface area contributed by atoms with Crippen LogP contribution in [-0.4, -0.2) is 77.8 Å². The minimum Gasteiger partial charge on any atom is -0.505 e. The Hall–Kier alpha value is -4.65. The third kappa shape index (κ3) is 7.03. The summed E-state index contributed by atoms with van der Waals surface area (Å²) in [7, 11) is 1.36. The number of rotatable bonds is 10. The predicted octanol–water partition coefficient (Wildman–Crippen LogP) is 2.07. The monoisotopic (exact) mass is 626 g/mol. The molecule has 3 aromatic rings. The van der Waals surface area contributed by atoms with Crippen molar-refractivity contribution in [3.63, 3.8) is 0 Å². The lowest BCUT2D eigenvalue weighted by atomic mass is 9.89. The van der Waals surface area contributed by atoms with E-state index >= 15 is 0 Å². The van der Waals surface area contributed by atoms with Crippen LogP contribution in [0.25, 0.3) is 11.0 Å². The molecule has 5 N–H and O–H groups in total. The highest BCUT2D eigenvalue weighted by Gasteiger charge is 2.53. The fourth-order valence-corrected chi connectivity index (χ4v) is 5.06. The number of aliphatic hydroxyl groups excluding tert-OH is 2. The molecule has 45 heavy (non-hydrogen) atoms. The lowest BCUT2D eigenvalue weighted by Crippen LogP contribution is -2.65. The van der Waals surface area contributed by atoms with E-state index in [1.54, 1.807) is 44.2 Å². The first-order valence-electron chi connectivity index (χ1n) is 13.8. The molecular weight excluding hydrogens is 592 g/mol. The molecule has 2 heterocycles. The van der Waals surface area contributed by atoms with Gasteiger partial charge in [0.1, 0.15) is 24.0 Å². The van der Waals surface area contributed by atoms with Gasteiger partial charge in [-0.25, -0.2) is 9.59 Å². The molecule has 2 amide bonds. The number of hydrogen-bond acceptors (Lipinski definition) is 12. The van der Waals surface area contributed by atoms with Crippen LogP contribution in [0.2, 0.25) is 0 Å². The Morgan fingerprint density at radius 1 is 1.18 bits per heavy atom. The maximum absolute atomic E-state index is 12.9. The molecule has 1 unspecified atom stereocenters. The second-order valence-electron chi connectivity index (χ2n) is 10.6. The number of nitrogens with one attached hydrogen (secondary N) is 2. The van der Waals surface area contributed by atoms with Crippen LogP contribution in [0, 0.1) is 19.3 Å². The van der Waals surface area contributed by atoms with Gasteiger partial charge in [-0.1, -0.05) is 36.3 Å². The molecule has 14 nitrogen and oxygen atoms in total. The number of hydroxylamine groups is 1. The fourth-order valence-electron chi connectivity index (χ4n) is 5.06. The number of fused-ring (bicyclic) bond motifs is 1. The molecule has 0 bridgehead atoms. The van der Waals surface area contributed by atoms with Crippen LogP contribution >= 0.6 is 0 Å². The molecule has 0 aliphatic carbocycles. The van der Waals surface area contributed by atoms with Gasteiger partial charge in [0.15, 0.2) is 23.6 Å². The number of aliphatic hydroxyl groups is 2. The van der Waals surface area contributed by atoms with Gasteiger partial charge in [-0.2, -0.15) is 5.48 Å². The highest BCUT2D eigenvalue weighted by atomic mass is 16.7. The maximum Gasteiger partial charge on any atom is 0.431 e. The summed E-state index contributed by atoms with van der Waals surface area (Å²) in [5.74, 6) is -0.0119. The number of hydrogen-bond donors (Lipinski definition) is 5. The Kier molecular flexibility index (Phi) is 10.3. The summed E-state index contributed by atoms with van der Waals surface area (Å²) < 4.78 is 28.3. The Labute approximate surface area is 257 Å². The van der Waals surface area contributed by atoms with Gasteiger partial charge in [0.25, 0.3) is 0 Å². The average molecular weight is 627 g/mol. The number of aryl methyl sites for hydroxylation is 1. The summed E-state index contributed by atoms with van der Waals surface area (Å²) in [5, 5.41) is 34.3. The number of amides is 2. The third-order valence-electron chi connectivity index (χ3n) is 7.27. The topological polar surface area (TPSA) is 195 Å². The molecule has 14 heteroatoms. The zero-order valence-corrected chi connectivity index (χ0v) is 24.9. The summed E-state index contributed by atoms with van der Waals surface area (Å²) in [5.41, 5.74) is 0.00429. The number of methoxy groups -OCH3 is 1. The molecule has 0 spiro atoms. The van der Waals surface area contributed by atoms with Crippen molar-refractivity contribution in [3.05, 3.63) is 64.0 Å². The van der Waals surface area contributed by atoms with Crippen LogP contribution in [0.5, 0.6) is 11.5 Å². The molecule has 0 radical (unpaired) electrons. The van der Waals surface area contributed by atoms with Gasteiger partial charge in [-0.05, 0) is 38.5 Å². The molecule has 0 saturated carbocycles. The van der Waals surface area contributed by atoms with Crippen molar-refractivity contribution in [2.24, 2.45) is 0 Å². The van der Waals surface area contributed by atoms with Gasteiger partial charge in [0, 0.05) is 12.7 Å². The molecule has 1 aliphatic rings. The number of ether oxygens (including phenoxy) is 4. The molecule has 1 aromatic heterocycles. The highest BCUT2D eigenvalue weighted by Crippen LogP contribution is 2.38. The van der Waals surface area contributed by atoms with Gasteiger partial charge in [0.2, 0.25) is 12.2 Å². The maximum atomic E-state index is 12.9. The number of terminal acetylenes is 1. The van der Waals surface area contributed by atoms with E-state index in [-0.39, 0.29) is 28.9 Å². The summed E-state index contributed by atoms with van der Waals surface area (Å²) in [6, 6.07) is 11.3.